The van der Waals surface area contributed by atoms with Gasteiger partial charge in [-0.15, -0.1) is 0 Å². The molecule has 3 unspecified atom stereocenters. The first-order valence-corrected chi connectivity index (χ1v) is 3.63. The summed E-state index contributed by atoms with van der Waals surface area (Å²) in [6.07, 6.45) is 2.89. The molecule has 3 N–H and O–H groups in total. The minimum Gasteiger partial charge on any atom is -0.379 e. The summed E-state index contributed by atoms with van der Waals surface area (Å²) in [7, 11) is 0. The number of fused-ring (bicyclic) bond motifs is 2. The average Bonchev–Trinajstić information content (AvgIpc) is 2.44. The smallest absolute Gasteiger partial charge is 0.192 e. The highest BCUT2D eigenvalue weighted by atomic mass is 16.7. The predicted octanol–water partition coefficient (Wildman–Crippen LogP) is -1.01. The molecule has 3 atom stereocenters. The second-order valence-electron chi connectivity index (χ2n) is 2.89. The zero-order valence-corrected chi connectivity index (χ0v) is 6.06. The van der Waals surface area contributed by atoms with Crippen molar-refractivity contribution in [2.45, 2.75) is 18.0 Å². The van der Waals surface area contributed by atoms with Crippen LogP contribution in [0.5, 0.6) is 0 Å². The predicted molar refractivity (Wildman–Crippen MR) is 37.8 cm³/mol. The summed E-state index contributed by atoms with van der Waals surface area (Å²) in [6, 6.07) is 0. The van der Waals surface area contributed by atoms with Gasteiger partial charge >= 0.3 is 0 Å². The SMILES string of the molecule is NCC1(O)C=CC2COC1O2. The van der Waals surface area contributed by atoms with Crippen LogP contribution in [-0.4, -0.2) is 36.3 Å². The van der Waals surface area contributed by atoms with Crippen LogP contribution in [0.25, 0.3) is 0 Å². The standard InChI is InChI=1S/C7H11NO3/c8-4-7(9)2-1-5-3-10-6(7)11-5/h1-2,5-6,9H,3-4,8H2. The van der Waals surface area contributed by atoms with Crippen molar-refractivity contribution in [2.24, 2.45) is 5.73 Å². The van der Waals surface area contributed by atoms with E-state index in [9.17, 15) is 5.11 Å². The van der Waals surface area contributed by atoms with E-state index in [4.69, 9.17) is 15.2 Å². The minimum atomic E-state index is -1.12. The van der Waals surface area contributed by atoms with E-state index < -0.39 is 11.9 Å². The molecule has 0 radical (unpaired) electrons. The maximum Gasteiger partial charge on any atom is 0.192 e. The van der Waals surface area contributed by atoms with Crippen LogP contribution in [-0.2, 0) is 9.47 Å². The largest absolute Gasteiger partial charge is 0.379 e. The Morgan fingerprint density at radius 3 is 3.27 bits per heavy atom. The van der Waals surface area contributed by atoms with Gasteiger partial charge in [-0.05, 0) is 6.08 Å². The van der Waals surface area contributed by atoms with Crippen molar-refractivity contribution in [3.8, 4) is 0 Å². The van der Waals surface area contributed by atoms with Gasteiger partial charge in [0, 0.05) is 6.54 Å². The Morgan fingerprint density at radius 1 is 1.73 bits per heavy atom. The van der Waals surface area contributed by atoms with Crippen molar-refractivity contribution in [1.29, 1.82) is 0 Å². The van der Waals surface area contributed by atoms with Crippen LogP contribution in [0, 0.1) is 0 Å². The molecule has 1 fully saturated rings. The molecule has 62 valence electrons. The lowest BCUT2D eigenvalue weighted by molar-refractivity contribution is -0.164. The number of rotatable bonds is 1. The van der Waals surface area contributed by atoms with Gasteiger partial charge in [0.1, 0.15) is 11.7 Å². The molecule has 1 saturated heterocycles. The van der Waals surface area contributed by atoms with Crippen LogP contribution < -0.4 is 5.73 Å². The number of aliphatic hydroxyl groups is 1. The van der Waals surface area contributed by atoms with Crippen molar-refractivity contribution in [1.82, 2.24) is 0 Å². The first-order chi connectivity index (χ1) is 5.24. The summed E-state index contributed by atoms with van der Waals surface area (Å²) in [5.74, 6) is 0. The Balaban J connectivity index is 2.24. The van der Waals surface area contributed by atoms with Crippen LogP contribution in [0.4, 0.5) is 0 Å². The number of nitrogens with two attached hydrogens (primary N) is 1. The van der Waals surface area contributed by atoms with Gasteiger partial charge in [-0.2, -0.15) is 0 Å². The van der Waals surface area contributed by atoms with Crippen molar-refractivity contribution in [2.75, 3.05) is 13.2 Å². The summed E-state index contributed by atoms with van der Waals surface area (Å²) in [6.45, 7) is 0.643. The summed E-state index contributed by atoms with van der Waals surface area (Å²) in [5.41, 5.74) is 4.24. The Labute approximate surface area is 64.6 Å². The molecule has 2 aliphatic heterocycles. The van der Waals surface area contributed by atoms with Crippen molar-refractivity contribution >= 4 is 0 Å². The van der Waals surface area contributed by atoms with Gasteiger partial charge in [0.2, 0.25) is 0 Å². The molecule has 0 aromatic rings. The third-order valence-corrected chi connectivity index (χ3v) is 2.04. The van der Waals surface area contributed by atoms with Crippen LogP contribution in [0.15, 0.2) is 12.2 Å². The van der Waals surface area contributed by atoms with Crippen molar-refractivity contribution in [3.05, 3.63) is 12.2 Å². The van der Waals surface area contributed by atoms with E-state index in [2.05, 4.69) is 0 Å². The Bertz CT molecular complexity index is 194. The monoisotopic (exact) mass is 157 g/mol. The van der Waals surface area contributed by atoms with Gasteiger partial charge in [-0.1, -0.05) is 6.08 Å². The molecule has 4 heteroatoms. The fourth-order valence-electron chi connectivity index (χ4n) is 1.30. The van der Waals surface area contributed by atoms with E-state index in [1.807, 2.05) is 0 Å². The molecule has 0 aromatic heterocycles. The lowest BCUT2D eigenvalue weighted by atomic mass is 10.0. The fourth-order valence-corrected chi connectivity index (χ4v) is 1.30. The van der Waals surface area contributed by atoms with Crippen LogP contribution >= 0.6 is 0 Å². The molecular formula is C7H11NO3. The zero-order valence-electron chi connectivity index (χ0n) is 6.06. The summed E-state index contributed by atoms with van der Waals surface area (Å²) in [5, 5.41) is 9.70. The van der Waals surface area contributed by atoms with Crippen LogP contribution in [0.1, 0.15) is 0 Å². The van der Waals surface area contributed by atoms with E-state index in [-0.39, 0.29) is 12.6 Å². The van der Waals surface area contributed by atoms with Gasteiger partial charge < -0.3 is 20.3 Å². The minimum absolute atomic E-state index is 0.00632. The summed E-state index contributed by atoms with van der Waals surface area (Å²) >= 11 is 0. The Morgan fingerprint density at radius 2 is 2.55 bits per heavy atom. The van der Waals surface area contributed by atoms with E-state index >= 15 is 0 Å². The molecule has 0 aliphatic carbocycles. The summed E-state index contributed by atoms with van der Waals surface area (Å²) < 4.78 is 10.4. The maximum atomic E-state index is 9.70. The van der Waals surface area contributed by atoms with Gasteiger partial charge in [-0.25, -0.2) is 0 Å². The first-order valence-electron chi connectivity index (χ1n) is 3.63. The highest BCUT2D eigenvalue weighted by Crippen LogP contribution is 2.28. The Hall–Kier alpha value is -0.420. The molecule has 4 nitrogen and oxygen atoms in total. The normalized spacial score (nSPS) is 48.2. The summed E-state index contributed by atoms with van der Waals surface area (Å²) in [4.78, 5) is 0. The molecule has 2 aliphatic rings. The molecule has 0 aromatic carbocycles. The number of ether oxygens (including phenoxy) is 2. The van der Waals surface area contributed by atoms with E-state index in [0.29, 0.717) is 6.61 Å². The van der Waals surface area contributed by atoms with Gasteiger partial charge in [-0.3, -0.25) is 0 Å². The zero-order chi connectivity index (χ0) is 7.90. The lowest BCUT2D eigenvalue weighted by Gasteiger charge is -2.30. The molecule has 2 heterocycles. The molecule has 0 amide bonds. The quantitative estimate of drug-likeness (QED) is 0.478. The number of hydrogen-bond donors (Lipinski definition) is 2. The lowest BCUT2D eigenvalue weighted by Crippen LogP contribution is -2.49. The number of hydrogen-bond acceptors (Lipinski definition) is 4. The van der Waals surface area contributed by atoms with Crippen LogP contribution in [0.2, 0.25) is 0 Å². The molecule has 11 heavy (non-hydrogen) atoms. The third kappa shape index (κ3) is 0.990. The highest BCUT2D eigenvalue weighted by Gasteiger charge is 2.43. The first kappa shape index (κ1) is 7.24. The molecule has 0 saturated carbocycles. The van der Waals surface area contributed by atoms with Gasteiger partial charge in [0.05, 0.1) is 6.61 Å². The van der Waals surface area contributed by atoms with Gasteiger partial charge in [0.15, 0.2) is 6.29 Å². The second-order valence-corrected chi connectivity index (χ2v) is 2.89. The second kappa shape index (κ2) is 2.28. The average molecular weight is 157 g/mol. The van der Waals surface area contributed by atoms with Gasteiger partial charge in [0.25, 0.3) is 0 Å². The van der Waals surface area contributed by atoms with E-state index in [1.165, 1.54) is 0 Å². The van der Waals surface area contributed by atoms with E-state index in [1.54, 1.807) is 12.2 Å². The third-order valence-electron chi connectivity index (χ3n) is 2.04. The maximum absolute atomic E-state index is 9.70. The molecule has 2 rings (SSSR count). The van der Waals surface area contributed by atoms with E-state index in [0.717, 1.165) is 0 Å². The molecule has 2 bridgehead atoms. The fraction of sp³-hybridized carbons (Fsp3) is 0.714. The van der Waals surface area contributed by atoms with Crippen molar-refractivity contribution < 1.29 is 14.6 Å². The highest BCUT2D eigenvalue weighted by molar-refractivity contribution is 5.12. The molecular weight excluding hydrogens is 146 g/mol. The Kier molecular flexibility index (Phi) is 1.50. The molecule has 0 spiro atoms. The topological polar surface area (TPSA) is 64.7 Å². The van der Waals surface area contributed by atoms with Crippen molar-refractivity contribution in [3.63, 3.8) is 0 Å². The van der Waals surface area contributed by atoms with Crippen LogP contribution in [0.3, 0.4) is 0 Å².